The lowest BCUT2D eigenvalue weighted by atomic mass is 9.94. The number of hydrogen-bond donors (Lipinski definition) is 2. The smallest absolute Gasteiger partial charge is 0.338 e. The minimum absolute atomic E-state index is 0.177. The lowest BCUT2D eigenvalue weighted by Gasteiger charge is -2.39. The maximum atomic E-state index is 13.3. The molecule has 0 radical (unpaired) electrons. The van der Waals surface area contributed by atoms with Gasteiger partial charge in [-0.15, -0.1) is 11.3 Å². The van der Waals surface area contributed by atoms with Crippen molar-refractivity contribution in [3.63, 3.8) is 0 Å². The van der Waals surface area contributed by atoms with Crippen molar-refractivity contribution in [1.29, 1.82) is 0 Å². The quantitative estimate of drug-likeness (QED) is 0.475. The number of rotatable bonds is 8. The number of morpholine rings is 1. The van der Waals surface area contributed by atoms with Crippen molar-refractivity contribution >= 4 is 52.3 Å². The van der Waals surface area contributed by atoms with Gasteiger partial charge < -0.3 is 19.9 Å². The molecule has 0 spiro atoms. The topological polar surface area (TPSA) is 113 Å². The molecule has 2 aromatic rings. The van der Waals surface area contributed by atoms with Crippen LogP contribution in [-0.4, -0.2) is 71.7 Å². The van der Waals surface area contributed by atoms with E-state index in [2.05, 4.69) is 10.3 Å². The van der Waals surface area contributed by atoms with E-state index in [0.29, 0.717) is 50.9 Å². The zero-order valence-electron chi connectivity index (χ0n) is 19.7. The van der Waals surface area contributed by atoms with E-state index >= 15 is 0 Å². The molecule has 1 fully saturated rings. The minimum Gasteiger partial charge on any atom is -0.481 e. The predicted molar refractivity (Wildman–Crippen MR) is 138 cm³/mol. The summed E-state index contributed by atoms with van der Waals surface area (Å²) in [4.78, 5) is 36.3. The molecule has 12 heteroatoms. The molecule has 0 amide bonds. The SMILES string of the molecule is CCOC(=O)C1=C(CN2CCOCC2C(C)C(=O)O)NC(c2nccs2)=NC1c1ccc(Cl)cc1Cl. The number of aliphatic imine (C=N–C) groups is 1. The highest BCUT2D eigenvalue weighted by Crippen LogP contribution is 2.38. The van der Waals surface area contributed by atoms with E-state index in [1.54, 1.807) is 38.2 Å². The van der Waals surface area contributed by atoms with Gasteiger partial charge in [-0.2, -0.15) is 0 Å². The number of thiazole rings is 1. The number of halogens is 2. The number of benzene rings is 1. The first kappa shape index (κ1) is 26.6. The third kappa shape index (κ3) is 5.73. The van der Waals surface area contributed by atoms with E-state index in [1.165, 1.54) is 11.3 Å². The van der Waals surface area contributed by atoms with Gasteiger partial charge in [-0.3, -0.25) is 14.7 Å². The van der Waals surface area contributed by atoms with Crippen LogP contribution < -0.4 is 5.32 Å². The Kier molecular flexibility index (Phi) is 8.63. The minimum atomic E-state index is -0.914. The Morgan fingerprint density at radius 3 is 2.86 bits per heavy atom. The number of carbonyl (C=O) groups excluding carboxylic acids is 1. The van der Waals surface area contributed by atoms with Gasteiger partial charge >= 0.3 is 11.9 Å². The van der Waals surface area contributed by atoms with Crippen molar-refractivity contribution < 1.29 is 24.2 Å². The molecular formula is C24H26Cl2N4O5S. The van der Waals surface area contributed by atoms with Crippen LogP contribution in [0.15, 0.2) is 46.0 Å². The van der Waals surface area contributed by atoms with E-state index in [0.717, 1.165) is 0 Å². The average Bonchev–Trinajstić information content (AvgIpc) is 3.39. The molecule has 3 atom stereocenters. The van der Waals surface area contributed by atoms with Gasteiger partial charge in [-0.1, -0.05) is 36.2 Å². The Balaban J connectivity index is 1.82. The Morgan fingerprint density at radius 2 is 2.19 bits per heavy atom. The molecule has 4 rings (SSSR count). The van der Waals surface area contributed by atoms with Gasteiger partial charge in [0.05, 0.1) is 31.3 Å². The van der Waals surface area contributed by atoms with Crippen LogP contribution in [0.1, 0.15) is 30.5 Å². The zero-order valence-corrected chi connectivity index (χ0v) is 22.1. The van der Waals surface area contributed by atoms with Gasteiger partial charge in [0.1, 0.15) is 6.04 Å². The van der Waals surface area contributed by atoms with E-state index in [1.807, 2.05) is 10.3 Å². The fourth-order valence-electron chi connectivity index (χ4n) is 4.25. The van der Waals surface area contributed by atoms with Crippen LogP contribution >= 0.6 is 34.5 Å². The van der Waals surface area contributed by atoms with Gasteiger partial charge in [-0.25, -0.2) is 9.78 Å². The van der Waals surface area contributed by atoms with Crippen LogP contribution in [0.3, 0.4) is 0 Å². The summed E-state index contributed by atoms with van der Waals surface area (Å²) in [5, 5.41) is 16.2. The van der Waals surface area contributed by atoms with Gasteiger partial charge in [0, 0.05) is 52.0 Å². The molecule has 3 heterocycles. The predicted octanol–water partition coefficient (Wildman–Crippen LogP) is 3.78. The van der Waals surface area contributed by atoms with Crippen molar-refractivity contribution in [1.82, 2.24) is 15.2 Å². The van der Waals surface area contributed by atoms with Crippen molar-refractivity contribution in [3.05, 3.63) is 61.7 Å². The standard InChI is InChI=1S/C24H26Cl2N4O5S/c1-3-35-24(33)19-17(11-30-7-8-34-12-18(30)13(2)23(31)32)28-21(22-27-6-9-36-22)29-20(19)15-5-4-14(25)10-16(15)26/h4-6,9-10,13,18,20H,3,7-8,11-12H2,1-2H3,(H,28,29)(H,31,32). The number of amidine groups is 1. The summed E-state index contributed by atoms with van der Waals surface area (Å²) in [7, 11) is 0. The van der Waals surface area contributed by atoms with Crippen molar-refractivity contribution in [2.75, 3.05) is 32.9 Å². The lowest BCUT2D eigenvalue weighted by molar-refractivity contribution is -0.146. The highest BCUT2D eigenvalue weighted by Gasteiger charge is 2.37. The molecule has 9 nitrogen and oxygen atoms in total. The summed E-state index contributed by atoms with van der Waals surface area (Å²) in [6.45, 7) is 5.04. The molecule has 0 saturated carbocycles. The molecular weight excluding hydrogens is 527 g/mol. The molecule has 2 N–H and O–H groups in total. The second-order valence-corrected chi connectivity index (χ2v) is 10.1. The largest absolute Gasteiger partial charge is 0.481 e. The number of ether oxygens (including phenoxy) is 2. The summed E-state index contributed by atoms with van der Waals surface area (Å²) in [6, 6.07) is 3.88. The van der Waals surface area contributed by atoms with Gasteiger partial charge in [0.25, 0.3) is 0 Å². The molecule has 2 aliphatic heterocycles. The number of carboxylic acid groups (broad SMARTS) is 1. The Labute approximate surface area is 222 Å². The van der Waals surface area contributed by atoms with E-state index < -0.39 is 23.9 Å². The fourth-order valence-corrected chi connectivity index (χ4v) is 5.35. The normalized spacial score (nSPS) is 21.5. The molecule has 1 aromatic carbocycles. The van der Waals surface area contributed by atoms with Crippen LogP contribution in [0.5, 0.6) is 0 Å². The van der Waals surface area contributed by atoms with Crippen LogP contribution in [0.2, 0.25) is 10.0 Å². The molecule has 36 heavy (non-hydrogen) atoms. The monoisotopic (exact) mass is 552 g/mol. The zero-order chi connectivity index (χ0) is 25.8. The molecule has 3 unspecified atom stereocenters. The summed E-state index contributed by atoms with van der Waals surface area (Å²) >= 11 is 14.1. The first-order valence-corrected chi connectivity index (χ1v) is 13.1. The first-order valence-electron chi connectivity index (χ1n) is 11.4. The van der Waals surface area contributed by atoms with E-state index in [9.17, 15) is 14.7 Å². The number of hydrogen-bond acceptors (Lipinski definition) is 9. The van der Waals surface area contributed by atoms with Crippen molar-refractivity contribution in [2.45, 2.75) is 25.9 Å². The Bertz CT molecular complexity index is 1190. The van der Waals surface area contributed by atoms with Crippen LogP contribution in [0.25, 0.3) is 0 Å². The van der Waals surface area contributed by atoms with Crippen molar-refractivity contribution in [3.8, 4) is 0 Å². The summed E-state index contributed by atoms with van der Waals surface area (Å²) in [5.74, 6) is -1.63. The van der Waals surface area contributed by atoms with Gasteiger partial charge in [0.2, 0.25) is 0 Å². The average molecular weight is 553 g/mol. The van der Waals surface area contributed by atoms with Crippen LogP contribution in [0, 0.1) is 5.92 Å². The Hall–Kier alpha value is -2.50. The number of aromatic nitrogens is 1. The number of esters is 1. The lowest BCUT2D eigenvalue weighted by Crippen LogP contribution is -2.52. The molecule has 1 saturated heterocycles. The number of aliphatic carboxylic acids is 1. The fraction of sp³-hybridized carbons (Fsp3) is 0.417. The molecule has 2 aliphatic rings. The molecule has 192 valence electrons. The second-order valence-electron chi connectivity index (χ2n) is 8.36. The molecule has 0 bridgehead atoms. The summed E-state index contributed by atoms with van der Waals surface area (Å²) in [6.07, 6.45) is 1.67. The highest BCUT2D eigenvalue weighted by atomic mass is 35.5. The molecule has 0 aliphatic carbocycles. The molecule has 1 aromatic heterocycles. The first-order chi connectivity index (χ1) is 17.3. The van der Waals surface area contributed by atoms with Gasteiger partial charge in [-0.05, 0) is 19.1 Å². The van der Waals surface area contributed by atoms with E-state index in [-0.39, 0.29) is 25.8 Å². The highest BCUT2D eigenvalue weighted by molar-refractivity contribution is 7.11. The number of nitrogens with zero attached hydrogens (tertiary/aromatic N) is 3. The third-order valence-electron chi connectivity index (χ3n) is 6.12. The number of nitrogens with one attached hydrogen (secondary N) is 1. The van der Waals surface area contributed by atoms with Crippen LogP contribution in [0.4, 0.5) is 0 Å². The Morgan fingerprint density at radius 1 is 1.39 bits per heavy atom. The van der Waals surface area contributed by atoms with Gasteiger partial charge in [0.15, 0.2) is 10.8 Å². The maximum absolute atomic E-state index is 13.3. The second kappa shape index (κ2) is 11.7. The number of carbonyl (C=O) groups is 2. The maximum Gasteiger partial charge on any atom is 0.338 e. The summed E-state index contributed by atoms with van der Waals surface area (Å²) in [5.41, 5.74) is 1.44. The van der Waals surface area contributed by atoms with Crippen molar-refractivity contribution in [2.24, 2.45) is 10.9 Å². The third-order valence-corrected chi connectivity index (χ3v) is 7.46. The number of carboxylic acids is 1. The van der Waals surface area contributed by atoms with E-state index in [4.69, 9.17) is 37.7 Å². The summed E-state index contributed by atoms with van der Waals surface area (Å²) < 4.78 is 11.0. The van der Waals surface area contributed by atoms with Crippen LogP contribution in [-0.2, 0) is 19.1 Å².